The second kappa shape index (κ2) is 9.41. The van der Waals surface area contributed by atoms with Crippen molar-refractivity contribution in [3.63, 3.8) is 0 Å². The predicted molar refractivity (Wildman–Crippen MR) is 113 cm³/mol. The Labute approximate surface area is 172 Å². The summed E-state index contributed by atoms with van der Waals surface area (Å²) in [5, 5.41) is 2.89. The number of nitrogens with one attached hydrogen (secondary N) is 1. The van der Waals surface area contributed by atoms with Gasteiger partial charge >= 0.3 is 0 Å². The Morgan fingerprint density at radius 1 is 1.10 bits per heavy atom. The monoisotopic (exact) mass is 416 g/mol. The molecule has 1 fully saturated rings. The number of methoxy groups -OCH3 is 1. The van der Waals surface area contributed by atoms with Crippen LogP contribution in [0.25, 0.3) is 0 Å². The molecule has 7 heteroatoms. The van der Waals surface area contributed by atoms with Crippen LogP contribution in [0.15, 0.2) is 47.4 Å². The zero-order valence-corrected chi connectivity index (χ0v) is 17.8. The van der Waals surface area contributed by atoms with Crippen LogP contribution in [0.2, 0.25) is 0 Å². The highest BCUT2D eigenvalue weighted by molar-refractivity contribution is 7.89. The van der Waals surface area contributed by atoms with Crippen LogP contribution in [0.1, 0.15) is 40.7 Å². The molecule has 0 spiro atoms. The molecule has 2 aromatic rings. The number of para-hydroxylation sites is 1. The number of carbonyl (C=O) groups excluding carboxylic acids is 1. The molecule has 0 aliphatic carbocycles. The van der Waals surface area contributed by atoms with Gasteiger partial charge in [0.05, 0.1) is 12.0 Å². The average molecular weight is 417 g/mol. The first-order chi connectivity index (χ1) is 13.9. The lowest BCUT2D eigenvalue weighted by atomic mass is 10.1. The van der Waals surface area contributed by atoms with Crippen LogP contribution in [0.4, 0.5) is 0 Å². The van der Waals surface area contributed by atoms with E-state index in [1.807, 2.05) is 31.2 Å². The van der Waals surface area contributed by atoms with Gasteiger partial charge in [-0.25, -0.2) is 8.42 Å². The Morgan fingerprint density at radius 3 is 2.55 bits per heavy atom. The van der Waals surface area contributed by atoms with Gasteiger partial charge < -0.3 is 10.1 Å². The number of aryl methyl sites for hydroxylation is 1. The second-order valence-corrected chi connectivity index (χ2v) is 9.20. The van der Waals surface area contributed by atoms with E-state index < -0.39 is 10.0 Å². The summed E-state index contributed by atoms with van der Waals surface area (Å²) in [6.07, 6.45) is 3.43. The van der Waals surface area contributed by atoms with Crippen LogP contribution in [0.3, 0.4) is 0 Å². The fourth-order valence-corrected chi connectivity index (χ4v) is 5.12. The van der Waals surface area contributed by atoms with Gasteiger partial charge in [0.2, 0.25) is 10.0 Å². The molecule has 0 unspecified atom stereocenters. The number of carbonyl (C=O) groups is 1. The van der Waals surface area contributed by atoms with E-state index in [0.717, 1.165) is 36.1 Å². The maximum atomic E-state index is 12.9. The third-order valence-electron chi connectivity index (χ3n) is 5.28. The molecule has 156 valence electrons. The summed E-state index contributed by atoms with van der Waals surface area (Å²) >= 11 is 0. The molecule has 6 nitrogen and oxygen atoms in total. The molecule has 3 rings (SSSR count). The first-order valence-corrected chi connectivity index (χ1v) is 11.4. The lowest BCUT2D eigenvalue weighted by Gasteiger charge is -2.26. The summed E-state index contributed by atoms with van der Waals surface area (Å²) in [4.78, 5) is 12.9. The molecule has 1 amide bonds. The second-order valence-electron chi connectivity index (χ2n) is 7.26. The van der Waals surface area contributed by atoms with Crippen molar-refractivity contribution in [1.29, 1.82) is 0 Å². The number of ether oxygens (including phenoxy) is 1. The van der Waals surface area contributed by atoms with Crippen LogP contribution in [0, 0.1) is 6.92 Å². The van der Waals surface area contributed by atoms with Crippen molar-refractivity contribution in [2.24, 2.45) is 0 Å². The molecule has 0 radical (unpaired) electrons. The molecule has 2 aromatic carbocycles. The average Bonchev–Trinajstić information content (AvgIpc) is 2.74. The summed E-state index contributed by atoms with van der Waals surface area (Å²) < 4.78 is 32.7. The number of rotatable bonds is 7. The maximum absolute atomic E-state index is 12.9. The molecule has 1 aliphatic heterocycles. The third-order valence-corrected chi connectivity index (χ3v) is 7.17. The van der Waals surface area contributed by atoms with Gasteiger partial charge in [-0.1, -0.05) is 30.7 Å². The molecule has 1 aliphatic rings. The number of nitrogens with zero attached hydrogens (tertiary/aromatic N) is 1. The molecular formula is C22H28N2O4S. The number of benzene rings is 2. The standard InChI is InChI=1S/C22H28N2O4S/c1-17-10-11-19(29(26,27)24-14-6-3-7-15-24)16-20(17)22(25)23-13-12-18-8-4-5-9-21(18)28-2/h4-5,8-11,16H,3,6-7,12-15H2,1-2H3,(H,23,25). The van der Waals surface area contributed by atoms with Crippen LogP contribution in [-0.4, -0.2) is 45.4 Å². The summed E-state index contributed by atoms with van der Waals surface area (Å²) in [5.41, 5.74) is 2.15. The van der Waals surface area contributed by atoms with E-state index in [4.69, 9.17) is 4.74 Å². The molecular weight excluding hydrogens is 388 g/mol. The van der Waals surface area contributed by atoms with Gasteiger partial charge in [-0.2, -0.15) is 4.31 Å². The Kier molecular flexibility index (Phi) is 6.92. The van der Waals surface area contributed by atoms with Crippen molar-refractivity contribution in [2.45, 2.75) is 37.5 Å². The number of hydrogen-bond donors (Lipinski definition) is 1. The fourth-order valence-electron chi connectivity index (χ4n) is 3.58. The Balaban J connectivity index is 1.71. The van der Waals surface area contributed by atoms with Gasteiger partial charge in [-0.15, -0.1) is 0 Å². The predicted octanol–water partition coefficient (Wildman–Crippen LogP) is 3.15. The lowest BCUT2D eigenvalue weighted by molar-refractivity contribution is 0.0953. The van der Waals surface area contributed by atoms with E-state index in [9.17, 15) is 13.2 Å². The van der Waals surface area contributed by atoms with Crippen LogP contribution in [0.5, 0.6) is 5.75 Å². The van der Waals surface area contributed by atoms with Gasteiger partial charge in [-0.3, -0.25) is 4.79 Å². The molecule has 1 saturated heterocycles. The molecule has 0 aromatic heterocycles. The summed E-state index contributed by atoms with van der Waals surface area (Å²) in [6.45, 7) is 3.32. The highest BCUT2D eigenvalue weighted by Gasteiger charge is 2.27. The normalized spacial score (nSPS) is 15.1. The first kappa shape index (κ1) is 21.3. The van der Waals surface area contributed by atoms with Crippen molar-refractivity contribution in [3.8, 4) is 5.75 Å². The van der Waals surface area contributed by atoms with Crippen molar-refractivity contribution in [3.05, 3.63) is 59.2 Å². The topological polar surface area (TPSA) is 75.7 Å². The first-order valence-electron chi connectivity index (χ1n) is 9.94. The van der Waals surface area contributed by atoms with Crippen molar-refractivity contribution < 1.29 is 17.9 Å². The number of sulfonamides is 1. The van der Waals surface area contributed by atoms with E-state index in [0.29, 0.717) is 31.6 Å². The minimum atomic E-state index is -3.57. The quantitative estimate of drug-likeness (QED) is 0.752. The Bertz CT molecular complexity index is 967. The zero-order valence-electron chi connectivity index (χ0n) is 17.0. The van der Waals surface area contributed by atoms with Gasteiger partial charge in [0.15, 0.2) is 0 Å². The number of amides is 1. The molecule has 29 heavy (non-hydrogen) atoms. The smallest absolute Gasteiger partial charge is 0.251 e. The highest BCUT2D eigenvalue weighted by Crippen LogP contribution is 2.23. The van der Waals surface area contributed by atoms with Crippen molar-refractivity contribution in [2.75, 3.05) is 26.7 Å². The fraction of sp³-hybridized carbons (Fsp3) is 0.409. The van der Waals surface area contributed by atoms with E-state index in [-0.39, 0.29) is 10.8 Å². The minimum absolute atomic E-state index is 0.180. The molecule has 0 saturated carbocycles. The van der Waals surface area contributed by atoms with Gasteiger partial charge in [0.25, 0.3) is 5.91 Å². The van der Waals surface area contributed by atoms with Gasteiger partial charge in [0.1, 0.15) is 5.75 Å². The van der Waals surface area contributed by atoms with Crippen molar-refractivity contribution in [1.82, 2.24) is 9.62 Å². The Morgan fingerprint density at radius 2 is 1.83 bits per heavy atom. The molecule has 1 N–H and O–H groups in total. The van der Waals surface area contributed by atoms with E-state index in [2.05, 4.69) is 5.32 Å². The van der Waals surface area contributed by atoms with E-state index >= 15 is 0 Å². The molecule has 0 atom stereocenters. The number of hydrogen-bond acceptors (Lipinski definition) is 4. The number of piperidine rings is 1. The van der Waals surface area contributed by atoms with Gasteiger partial charge in [0, 0.05) is 25.2 Å². The van der Waals surface area contributed by atoms with Crippen molar-refractivity contribution >= 4 is 15.9 Å². The zero-order chi connectivity index (χ0) is 20.9. The Hall–Kier alpha value is -2.38. The van der Waals surface area contributed by atoms with Gasteiger partial charge in [-0.05, 0) is 55.5 Å². The van der Waals surface area contributed by atoms with E-state index in [1.165, 1.54) is 10.4 Å². The third kappa shape index (κ3) is 4.97. The molecule has 1 heterocycles. The lowest BCUT2D eigenvalue weighted by Crippen LogP contribution is -2.35. The van der Waals surface area contributed by atoms with Crippen LogP contribution >= 0.6 is 0 Å². The molecule has 0 bridgehead atoms. The van der Waals surface area contributed by atoms with Crippen LogP contribution < -0.4 is 10.1 Å². The van der Waals surface area contributed by atoms with Crippen LogP contribution in [-0.2, 0) is 16.4 Å². The van der Waals surface area contributed by atoms with E-state index in [1.54, 1.807) is 19.2 Å². The highest BCUT2D eigenvalue weighted by atomic mass is 32.2. The SMILES string of the molecule is COc1ccccc1CCNC(=O)c1cc(S(=O)(=O)N2CCCCC2)ccc1C. The maximum Gasteiger partial charge on any atom is 0.251 e. The minimum Gasteiger partial charge on any atom is -0.496 e. The summed E-state index contributed by atoms with van der Waals surface area (Å²) in [6, 6.07) is 12.5. The summed E-state index contributed by atoms with van der Waals surface area (Å²) in [7, 11) is -1.95. The summed E-state index contributed by atoms with van der Waals surface area (Å²) in [5.74, 6) is 0.514. The largest absolute Gasteiger partial charge is 0.496 e.